The Kier molecular flexibility index (Phi) is 5.32. The average Bonchev–Trinajstić information content (AvgIpc) is 2.94. The molecule has 8 heteroatoms. The standard InChI is InChI=1S/C19H21F2N3O2S/c1-23(2)18(15-12-24(3)17-7-5-4-6-14(15)17)11-22-27(25,26)19-10-13(20)8-9-16(19)21/h4-10,12,18,22H,11H2,1-3H3. The number of hydrogen-bond donors (Lipinski definition) is 1. The molecule has 0 saturated heterocycles. The van der Waals surface area contributed by atoms with Gasteiger partial charge in [-0.1, -0.05) is 18.2 Å². The third-order valence-corrected chi connectivity index (χ3v) is 6.00. The topological polar surface area (TPSA) is 54.3 Å². The minimum absolute atomic E-state index is 0.0132. The van der Waals surface area contributed by atoms with Gasteiger partial charge in [-0.05, 0) is 43.9 Å². The summed E-state index contributed by atoms with van der Waals surface area (Å²) >= 11 is 0. The van der Waals surface area contributed by atoms with Crippen LogP contribution in [0.1, 0.15) is 11.6 Å². The van der Waals surface area contributed by atoms with Crippen molar-refractivity contribution < 1.29 is 17.2 Å². The molecule has 0 aliphatic heterocycles. The lowest BCUT2D eigenvalue weighted by Gasteiger charge is -2.24. The van der Waals surface area contributed by atoms with Gasteiger partial charge in [-0.2, -0.15) is 0 Å². The number of hydrogen-bond acceptors (Lipinski definition) is 3. The number of fused-ring (bicyclic) bond motifs is 1. The summed E-state index contributed by atoms with van der Waals surface area (Å²) in [6, 6.07) is 9.89. The normalized spacial score (nSPS) is 13.4. The van der Waals surface area contributed by atoms with Gasteiger partial charge in [0.25, 0.3) is 0 Å². The highest BCUT2D eigenvalue weighted by Crippen LogP contribution is 2.28. The second-order valence-corrected chi connectivity index (χ2v) is 8.35. The highest BCUT2D eigenvalue weighted by Gasteiger charge is 2.24. The van der Waals surface area contributed by atoms with Crippen LogP contribution in [0.5, 0.6) is 0 Å². The molecule has 3 rings (SSSR count). The third kappa shape index (κ3) is 3.87. The highest BCUT2D eigenvalue weighted by molar-refractivity contribution is 7.89. The Morgan fingerprint density at radius 3 is 2.56 bits per heavy atom. The number of aromatic nitrogens is 1. The van der Waals surface area contributed by atoms with E-state index in [2.05, 4.69) is 4.72 Å². The first-order valence-electron chi connectivity index (χ1n) is 8.36. The zero-order valence-corrected chi connectivity index (χ0v) is 16.1. The number of rotatable bonds is 6. The van der Waals surface area contributed by atoms with Crippen LogP contribution < -0.4 is 4.72 Å². The molecule has 0 bridgehead atoms. The van der Waals surface area contributed by atoms with Crippen LogP contribution in [0, 0.1) is 11.6 Å². The highest BCUT2D eigenvalue weighted by atomic mass is 32.2. The quantitative estimate of drug-likeness (QED) is 0.700. The van der Waals surface area contributed by atoms with Crippen molar-refractivity contribution in [3.05, 3.63) is 65.9 Å². The van der Waals surface area contributed by atoms with Gasteiger partial charge in [0.2, 0.25) is 10.0 Å². The zero-order valence-electron chi connectivity index (χ0n) is 15.3. The van der Waals surface area contributed by atoms with Crippen molar-refractivity contribution in [1.82, 2.24) is 14.2 Å². The summed E-state index contributed by atoms with van der Waals surface area (Å²) in [7, 11) is 1.40. The van der Waals surface area contributed by atoms with Crippen LogP contribution in [0.3, 0.4) is 0 Å². The zero-order chi connectivity index (χ0) is 19.8. The summed E-state index contributed by atoms with van der Waals surface area (Å²) in [5.74, 6) is -1.80. The molecular formula is C19H21F2N3O2S. The van der Waals surface area contributed by atoms with Crippen molar-refractivity contribution in [2.24, 2.45) is 7.05 Å². The van der Waals surface area contributed by atoms with Gasteiger partial charge in [0.05, 0.1) is 0 Å². The molecule has 0 fully saturated rings. The van der Waals surface area contributed by atoms with Gasteiger partial charge in [0.15, 0.2) is 0 Å². The molecule has 1 unspecified atom stereocenters. The minimum atomic E-state index is -4.19. The molecule has 27 heavy (non-hydrogen) atoms. The van der Waals surface area contributed by atoms with E-state index in [0.29, 0.717) is 6.07 Å². The van der Waals surface area contributed by atoms with E-state index in [1.54, 1.807) is 0 Å². The fourth-order valence-electron chi connectivity index (χ4n) is 3.16. The molecular weight excluding hydrogens is 372 g/mol. The second kappa shape index (κ2) is 7.38. The summed E-state index contributed by atoms with van der Waals surface area (Å²) in [4.78, 5) is 1.18. The van der Waals surface area contributed by atoms with Crippen LogP contribution in [-0.2, 0) is 17.1 Å². The maximum Gasteiger partial charge on any atom is 0.243 e. The van der Waals surface area contributed by atoms with E-state index in [0.717, 1.165) is 28.6 Å². The molecule has 1 atom stereocenters. The first-order chi connectivity index (χ1) is 12.7. The Balaban J connectivity index is 1.92. The number of para-hydroxylation sites is 1. The lowest BCUT2D eigenvalue weighted by Crippen LogP contribution is -2.34. The van der Waals surface area contributed by atoms with Crippen LogP contribution in [0.25, 0.3) is 10.9 Å². The van der Waals surface area contributed by atoms with E-state index in [1.165, 1.54) is 0 Å². The number of benzene rings is 2. The summed E-state index contributed by atoms with van der Waals surface area (Å²) < 4.78 is 56.6. The number of nitrogens with one attached hydrogen (secondary N) is 1. The number of nitrogens with zero attached hydrogens (tertiary/aromatic N) is 2. The molecule has 0 amide bonds. The van der Waals surface area contributed by atoms with Gasteiger partial charge < -0.3 is 9.47 Å². The average molecular weight is 393 g/mol. The summed E-state index contributed by atoms with van der Waals surface area (Å²) in [5.41, 5.74) is 1.97. The van der Waals surface area contributed by atoms with Crippen LogP contribution in [-0.4, -0.2) is 38.5 Å². The van der Waals surface area contributed by atoms with Crippen LogP contribution in [0.2, 0.25) is 0 Å². The van der Waals surface area contributed by atoms with Gasteiger partial charge in [-0.25, -0.2) is 21.9 Å². The van der Waals surface area contributed by atoms with Gasteiger partial charge in [0, 0.05) is 36.7 Å². The van der Waals surface area contributed by atoms with Crippen LogP contribution in [0.15, 0.2) is 53.6 Å². The summed E-state index contributed by atoms with van der Waals surface area (Å²) in [6.07, 6.45) is 1.95. The smallest absolute Gasteiger partial charge is 0.243 e. The molecule has 2 aromatic carbocycles. The Morgan fingerprint density at radius 1 is 1.15 bits per heavy atom. The molecule has 0 saturated carbocycles. The second-order valence-electron chi connectivity index (χ2n) is 6.62. The Morgan fingerprint density at radius 2 is 1.85 bits per heavy atom. The fourth-order valence-corrected chi connectivity index (χ4v) is 4.28. The molecule has 0 aliphatic carbocycles. The predicted octanol–water partition coefficient (Wildman–Crippen LogP) is 3.04. The minimum Gasteiger partial charge on any atom is -0.350 e. The van der Waals surface area contributed by atoms with Gasteiger partial charge >= 0.3 is 0 Å². The van der Waals surface area contributed by atoms with Crippen LogP contribution >= 0.6 is 0 Å². The van der Waals surface area contributed by atoms with Crippen molar-refractivity contribution >= 4 is 20.9 Å². The van der Waals surface area contributed by atoms with Crippen molar-refractivity contribution in [1.29, 1.82) is 0 Å². The van der Waals surface area contributed by atoms with Crippen molar-refractivity contribution in [2.45, 2.75) is 10.9 Å². The third-order valence-electron chi connectivity index (χ3n) is 4.56. The predicted molar refractivity (Wildman–Crippen MR) is 101 cm³/mol. The van der Waals surface area contributed by atoms with E-state index < -0.39 is 26.6 Å². The SMILES string of the molecule is CN(C)C(CNS(=O)(=O)c1cc(F)ccc1F)c1cn(C)c2ccccc12. The fraction of sp³-hybridized carbons (Fsp3) is 0.263. The Bertz CT molecular complexity index is 1080. The van der Waals surface area contributed by atoms with Gasteiger partial charge in [0.1, 0.15) is 16.5 Å². The molecule has 144 valence electrons. The van der Waals surface area contributed by atoms with Gasteiger partial charge in [-0.3, -0.25) is 0 Å². The van der Waals surface area contributed by atoms with Crippen LogP contribution in [0.4, 0.5) is 8.78 Å². The molecule has 0 spiro atoms. The first-order valence-corrected chi connectivity index (χ1v) is 9.84. The van der Waals surface area contributed by atoms with Crippen molar-refractivity contribution in [2.75, 3.05) is 20.6 Å². The van der Waals surface area contributed by atoms with E-state index in [1.807, 2.05) is 61.1 Å². The van der Waals surface area contributed by atoms with E-state index in [4.69, 9.17) is 0 Å². The van der Waals surface area contributed by atoms with Crippen molar-refractivity contribution in [3.8, 4) is 0 Å². The monoisotopic (exact) mass is 393 g/mol. The summed E-state index contributed by atoms with van der Waals surface area (Å²) in [6.45, 7) is 0.0132. The summed E-state index contributed by atoms with van der Waals surface area (Å²) in [5, 5.41) is 1.01. The molecule has 0 radical (unpaired) electrons. The molecule has 0 aliphatic rings. The molecule has 3 aromatic rings. The molecule has 1 N–H and O–H groups in total. The Hall–Kier alpha value is -2.29. The first kappa shape index (κ1) is 19.5. The number of aryl methyl sites for hydroxylation is 1. The molecule has 5 nitrogen and oxygen atoms in total. The lowest BCUT2D eigenvalue weighted by molar-refractivity contribution is 0.301. The molecule has 1 aromatic heterocycles. The van der Waals surface area contributed by atoms with E-state index >= 15 is 0 Å². The lowest BCUT2D eigenvalue weighted by atomic mass is 10.1. The maximum absolute atomic E-state index is 13.9. The van der Waals surface area contributed by atoms with Gasteiger partial charge in [-0.15, -0.1) is 0 Å². The number of halogens is 2. The molecule has 1 heterocycles. The Labute approximate surface area is 157 Å². The number of sulfonamides is 1. The van der Waals surface area contributed by atoms with E-state index in [-0.39, 0.29) is 12.6 Å². The number of likely N-dealkylation sites (N-methyl/N-ethyl adjacent to an activating group) is 1. The largest absolute Gasteiger partial charge is 0.350 e. The van der Waals surface area contributed by atoms with Crippen molar-refractivity contribution in [3.63, 3.8) is 0 Å². The van der Waals surface area contributed by atoms with E-state index in [9.17, 15) is 17.2 Å². The maximum atomic E-state index is 13.9.